The summed E-state index contributed by atoms with van der Waals surface area (Å²) in [6.07, 6.45) is -4.93. The quantitative estimate of drug-likeness (QED) is 0.930. The van der Waals surface area contributed by atoms with Crippen LogP contribution in [0.4, 0.5) is 13.2 Å². The Bertz CT molecular complexity index is 746. The van der Waals surface area contributed by atoms with Gasteiger partial charge >= 0.3 is 6.18 Å². The summed E-state index contributed by atoms with van der Waals surface area (Å²) in [5.41, 5.74) is 5.09. The van der Waals surface area contributed by atoms with Crippen molar-refractivity contribution in [2.75, 3.05) is 20.3 Å². The maximum atomic E-state index is 13.5. The number of ether oxygens (including phenoxy) is 3. The molecule has 1 aliphatic rings. The third-order valence-electron chi connectivity index (χ3n) is 3.77. The smallest absolute Gasteiger partial charge is 0.417 e. The first kappa shape index (κ1) is 16.4. The van der Waals surface area contributed by atoms with Crippen LogP contribution in [0.5, 0.6) is 17.2 Å². The monoisotopic (exact) mass is 339 g/mol. The number of methoxy groups -OCH3 is 1. The Labute approximate surface area is 136 Å². The molecule has 7 heteroatoms. The molecule has 0 saturated carbocycles. The Hall–Kier alpha value is -2.41. The standard InChI is InChI=1S/C17H16F3NO3/c1-22-10-5-6-12(14(7-10)17(18,19)20)13-3-2-4-15-16(13)24-11(8-21)9-23-15/h2-7,11H,8-9,21H2,1H3/t11-/m0/s1. The number of nitrogens with two attached hydrogens (primary N) is 1. The fourth-order valence-electron chi connectivity index (χ4n) is 2.58. The minimum Gasteiger partial charge on any atom is -0.497 e. The van der Waals surface area contributed by atoms with Gasteiger partial charge in [-0.1, -0.05) is 12.1 Å². The van der Waals surface area contributed by atoms with Crippen molar-refractivity contribution in [3.8, 4) is 28.4 Å². The SMILES string of the molecule is COc1ccc(-c2cccc3c2O[C@@H](CN)CO3)c(C(F)(F)F)c1. The molecule has 0 radical (unpaired) electrons. The summed E-state index contributed by atoms with van der Waals surface area (Å²) < 4.78 is 56.6. The van der Waals surface area contributed by atoms with Crippen molar-refractivity contribution in [1.29, 1.82) is 0 Å². The highest BCUT2D eigenvalue weighted by atomic mass is 19.4. The van der Waals surface area contributed by atoms with Crippen molar-refractivity contribution >= 4 is 0 Å². The predicted octanol–water partition coefficient (Wildman–Crippen LogP) is 3.48. The third kappa shape index (κ3) is 2.99. The molecule has 128 valence electrons. The van der Waals surface area contributed by atoms with Gasteiger partial charge < -0.3 is 19.9 Å². The van der Waals surface area contributed by atoms with E-state index in [9.17, 15) is 13.2 Å². The second-order valence-corrected chi connectivity index (χ2v) is 5.33. The van der Waals surface area contributed by atoms with E-state index in [1.807, 2.05) is 0 Å². The van der Waals surface area contributed by atoms with Crippen LogP contribution in [0, 0.1) is 0 Å². The first-order valence-corrected chi connectivity index (χ1v) is 7.32. The second kappa shape index (κ2) is 6.24. The number of hydrogen-bond donors (Lipinski definition) is 1. The molecule has 4 nitrogen and oxygen atoms in total. The third-order valence-corrected chi connectivity index (χ3v) is 3.77. The largest absolute Gasteiger partial charge is 0.497 e. The predicted molar refractivity (Wildman–Crippen MR) is 82.4 cm³/mol. The van der Waals surface area contributed by atoms with E-state index in [4.69, 9.17) is 19.9 Å². The molecule has 3 rings (SSSR count). The minimum absolute atomic E-state index is 0.00132. The molecule has 0 spiro atoms. The van der Waals surface area contributed by atoms with Gasteiger partial charge in [0, 0.05) is 12.1 Å². The van der Waals surface area contributed by atoms with E-state index in [-0.39, 0.29) is 30.2 Å². The van der Waals surface area contributed by atoms with Gasteiger partial charge in [-0.15, -0.1) is 0 Å². The molecule has 1 heterocycles. The Kier molecular flexibility index (Phi) is 4.28. The zero-order chi connectivity index (χ0) is 17.3. The van der Waals surface area contributed by atoms with Crippen molar-refractivity contribution in [2.45, 2.75) is 12.3 Å². The van der Waals surface area contributed by atoms with Gasteiger partial charge in [-0.2, -0.15) is 13.2 Å². The van der Waals surface area contributed by atoms with Crippen molar-refractivity contribution < 1.29 is 27.4 Å². The highest BCUT2D eigenvalue weighted by molar-refractivity contribution is 5.77. The van der Waals surface area contributed by atoms with Crippen molar-refractivity contribution in [1.82, 2.24) is 0 Å². The minimum atomic E-state index is -4.53. The molecule has 2 aromatic carbocycles. The van der Waals surface area contributed by atoms with E-state index in [2.05, 4.69) is 0 Å². The molecular weight excluding hydrogens is 323 g/mol. The first-order chi connectivity index (χ1) is 11.4. The molecule has 1 atom stereocenters. The van der Waals surface area contributed by atoms with Crippen LogP contribution in [-0.4, -0.2) is 26.4 Å². The fourth-order valence-corrected chi connectivity index (χ4v) is 2.58. The van der Waals surface area contributed by atoms with Crippen molar-refractivity contribution in [2.24, 2.45) is 5.73 Å². The van der Waals surface area contributed by atoms with Crippen LogP contribution in [0.25, 0.3) is 11.1 Å². The molecule has 0 saturated heterocycles. The Morgan fingerprint density at radius 2 is 2.00 bits per heavy atom. The van der Waals surface area contributed by atoms with E-state index >= 15 is 0 Å². The Morgan fingerprint density at radius 3 is 2.67 bits per heavy atom. The van der Waals surface area contributed by atoms with Gasteiger partial charge in [0.1, 0.15) is 18.5 Å². The number of fused-ring (bicyclic) bond motifs is 1. The summed E-state index contributed by atoms with van der Waals surface area (Å²) in [7, 11) is 1.32. The van der Waals surface area contributed by atoms with Gasteiger partial charge in [0.2, 0.25) is 0 Å². The zero-order valence-electron chi connectivity index (χ0n) is 12.9. The number of hydrogen-bond acceptors (Lipinski definition) is 4. The van der Waals surface area contributed by atoms with Gasteiger partial charge in [0.15, 0.2) is 11.5 Å². The van der Waals surface area contributed by atoms with Crippen LogP contribution >= 0.6 is 0 Å². The molecule has 0 amide bonds. The van der Waals surface area contributed by atoms with E-state index in [0.29, 0.717) is 11.3 Å². The molecule has 1 aliphatic heterocycles. The summed E-state index contributed by atoms with van der Waals surface area (Å²) in [6, 6.07) is 8.67. The number of rotatable bonds is 3. The summed E-state index contributed by atoms with van der Waals surface area (Å²) in [5.74, 6) is 0.809. The van der Waals surface area contributed by atoms with Gasteiger partial charge in [-0.05, 0) is 29.8 Å². The normalized spacial score (nSPS) is 16.8. The lowest BCUT2D eigenvalue weighted by Crippen LogP contribution is -2.35. The van der Waals surface area contributed by atoms with Gasteiger partial charge in [0.25, 0.3) is 0 Å². The zero-order valence-corrected chi connectivity index (χ0v) is 12.9. The van der Waals surface area contributed by atoms with Crippen molar-refractivity contribution in [3.05, 3.63) is 42.0 Å². The summed E-state index contributed by atoms with van der Waals surface area (Å²) >= 11 is 0. The van der Waals surface area contributed by atoms with Crippen LogP contribution in [0.2, 0.25) is 0 Å². The summed E-state index contributed by atoms with van der Waals surface area (Å²) in [6.45, 7) is 0.476. The molecule has 0 fully saturated rings. The van der Waals surface area contributed by atoms with E-state index in [1.165, 1.54) is 19.2 Å². The Balaban J connectivity index is 2.17. The maximum Gasteiger partial charge on any atom is 0.417 e. The molecule has 0 unspecified atom stereocenters. The molecule has 2 N–H and O–H groups in total. The highest BCUT2D eigenvalue weighted by Crippen LogP contribution is 2.46. The molecular formula is C17H16F3NO3. The van der Waals surface area contributed by atoms with Gasteiger partial charge in [0.05, 0.1) is 12.7 Å². The fraction of sp³-hybridized carbons (Fsp3) is 0.294. The van der Waals surface area contributed by atoms with Gasteiger partial charge in [-0.25, -0.2) is 0 Å². The summed E-state index contributed by atoms with van der Waals surface area (Å²) in [5, 5.41) is 0. The summed E-state index contributed by atoms with van der Waals surface area (Å²) in [4.78, 5) is 0. The van der Waals surface area contributed by atoms with Crippen LogP contribution < -0.4 is 19.9 Å². The van der Waals surface area contributed by atoms with Gasteiger partial charge in [-0.3, -0.25) is 0 Å². The van der Waals surface area contributed by atoms with Crippen LogP contribution in [-0.2, 0) is 6.18 Å². The first-order valence-electron chi connectivity index (χ1n) is 7.32. The lowest BCUT2D eigenvalue weighted by molar-refractivity contribution is -0.137. The lowest BCUT2D eigenvalue weighted by Gasteiger charge is -2.28. The molecule has 24 heavy (non-hydrogen) atoms. The Morgan fingerprint density at radius 1 is 1.21 bits per heavy atom. The van der Waals surface area contributed by atoms with Crippen LogP contribution in [0.15, 0.2) is 36.4 Å². The molecule has 2 aromatic rings. The molecule has 0 aromatic heterocycles. The molecule has 0 bridgehead atoms. The number of halogens is 3. The van der Waals surface area contributed by atoms with Crippen LogP contribution in [0.1, 0.15) is 5.56 Å². The average molecular weight is 339 g/mol. The van der Waals surface area contributed by atoms with Crippen molar-refractivity contribution in [3.63, 3.8) is 0 Å². The highest BCUT2D eigenvalue weighted by Gasteiger charge is 2.35. The lowest BCUT2D eigenvalue weighted by atomic mass is 9.97. The van der Waals surface area contributed by atoms with E-state index < -0.39 is 17.8 Å². The number of alkyl halides is 3. The maximum absolute atomic E-state index is 13.5. The molecule has 0 aliphatic carbocycles. The van der Waals surface area contributed by atoms with E-state index in [0.717, 1.165) is 6.07 Å². The average Bonchev–Trinajstić information content (AvgIpc) is 2.59. The van der Waals surface area contributed by atoms with Crippen LogP contribution in [0.3, 0.4) is 0 Å². The topological polar surface area (TPSA) is 53.7 Å². The number of para-hydroxylation sites is 1. The van der Waals surface area contributed by atoms with E-state index in [1.54, 1.807) is 18.2 Å². The second-order valence-electron chi connectivity index (χ2n) is 5.33. The number of benzene rings is 2.